The number of carbonyl (C=O) groups is 1. The number of nitrogens with two attached hydrogens (primary N) is 1. The number of hydrogen-bond acceptors (Lipinski definition) is 3. The van der Waals surface area contributed by atoms with Gasteiger partial charge >= 0.3 is 0 Å². The second kappa shape index (κ2) is 6.15. The number of aromatic nitrogens is 2. The number of rotatable bonds is 6. The molecule has 1 aromatic heterocycles. The van der Waals surface area contributed by atoms with Crippen LogP contribution in [0.1, 0.15) is 31.2 Å². The van der Waals surface area contributed by atoms with Gasteiger partial charge in [0.05, 0.1) is 15.9 Å². The normalized spacial score (nSPS) is 10.8. The molecule has 0 aliphatic rings. The van der Waals surface area contributed by atoms with Crippen LogP contribution in [0.15, 0.2) is 4.47 Å². The smallest absolute Gasteiger partial charge is 0.138 e. The average Bonchev–Trinajstić information content (AvgIpc) is 2.54. The molecule has 1 heterocycles. The summed E-state index contributed by atoms with van der Waals surface area (Å²) in [6, 6.07) is 0. The SMILES string of the molecule is CCn1nc(C)c(Br)c1CC(=O)CCCN. The van der Waals surface area contributed by atoms with Gasteiger partial charge in [-0.15, -0.1) is 0 Å². The van der Waals surface area contributed by atoms with E-state index in [1.54, 1.807) is 0 Å². The minimum atomic E-state index is 0.223. The van der Waals surface area contributed by atoms with Crippen molar-refractivity contribution in [3.8, 4) is 0 Å². The molecule has 0 unspecified atom stereocenters. The van der Waals surface area contributed by atoms with E-state index in [2.05, 4.69) is 21.0 Å². The molecule has 0 saturated heterocycles. The molecule has 2 N–H and O–H groups in total. The summed E-state index contributed by atoms with van der Waals surface area (Å²) in [5.74, 6) is 0.223. The molecule has 5 heteroatoms. The first-order chi connectivity index (χ1) is 7.60. The van der Waals surface area contributed by atoms with Crippen LogP contribution in [0.25, 0.3) is 0 Å². The van der Waals surface area contributed by atoms with E-state index in [0.29, 0.717) is 19.4 Å². The topological polar surface area (TPSA) is 60.9 Å². The lowest BCUT2D eigenvalue weighted by molar-refractivity contribution is -0.118. The predicted molar refractivity (Wildman–Crippen MR) is 67.3 cm³/mol. The summed E-state index contributed by atoms with van der Waals surface area (Å²) < 4.78 is 2.83. The molecular weight excluding hydrogens is 270 g/mol. The van der Waals surface area contributed by atoms with Gasteiger partial charge in [-0.05, 0) is 42.7 Å². The number of carbonyl (C=O) groups excluding carboxylic acids is 1. The molecule has 0 spiro atoms. The molecule has 16 heavy (non-hydrogen) atoms. The molecular formula is C11H18BrN3O. The lowest BCUT2D eigenvalue weighted by Crippen LogP contribution is -2.11. The Balaban J connectivity index is 2.75. The molecule has 1 rings (SSSR count). The molecule has 0 atom stereocenters. The number of halogens is 1. The number of aryl methyl sites for hydroxylation is 2. The Labute approximate surface area is 104 Å². The van der Waals surface area contributed by atoms with Crippen LogP contribution >= 0.6 is 15.9 Å². The van der Waals surface area contributed by atoms with E-state index in [1.807, 2.05) is 18.5 Å². The van der Waals surface area contributed by atoms with Crippen molar-refractivity contribution in [3.05, 3.63) is 15.9 Å². The fraction of sp³-hybridized carbons (Fsp3) is 0.636. The van der Waals surface area contributed by atoms with Crippen LogP contribution < -0.4 is 5.73 Å². The van der Waals surface area contributed by atoms with Gasteiger partial charge in [-0.25, -0.2) is 0 Å². The molecule has 4 nitrogen and oxygen atoms in total. The van der Waals surface area contributed by atoms with E-state index in [4.69, 9.17) is 5.73 Å². The van der Waals surface area contributed by atoms with Crippen molar-refractivity contribution >= 4 is 21.7 Å². The zero-order chi connectivity index (χ0) is 12.1. The lowest BCUT2D eigenvalue weighted by Gasteiger charge is -2.04. The third kappa shape index (κ3) is 3.15. The molecule has 0 aliphatic heterocycles. The van der Waals surface area contributed by atoms with E-state index in [0.717, 1.165) is 28.8 Å². The van der Waals surface area contributed by atoms with Crippen molar-refractivity contribution < 1.29 is 4.79 Å². The van der Waals surface area contributed by atoms with Gasteiger partial charge in [0.1, 0.15) is 5.78 Å². The van der Waals surface area contributed by atoms with Crippen LogP contribution in [-0.2, 0) is 17.8 Å². The third-order valence-corrected chi connectivity index (χ3v) is 3.51. The molecule has 0 aromatic carbocycles. The molecule has 0 fully saturated rings. The van der Waals surface area contributed by atoms with Crippen LogP contribution in [0.4, 0.5) is 0 Å². The van der Waals surface area contributed by atoms with E-state index in [1.165, 1.54) is 0 Å². The van der Waals surface area contributed by atoms with Crippen molar-refractivity contribution in [2.45, 2.75) is 39.7 Å². The van der Waals surface area contributed by atoms with Crippen LogP contribution in [-0.4, -0.2) is 22.1 Å². The number of Topliss-reactive ketones (excluding diaryl/α,β-unsaturated/α-hetero) is 1. The Morgan fingerprint density at radius 2 is 2.25 bits per heavy atom. The molecule has 90 valence electrons. The quantitative estimate of drug-likeness (QED) is 0.868. The minimum absolute atomic E-state index is 0.223. The highest BCUT2D eigenvalue weighted by molar-refractivity contribution is 9.10. The highest BCUT2D eigenvalue weighted by Crippen LogP contribution is 2.22. The monoisotopic (exact) mass is 287 g/mol. The second-order valence-corrected chi connectivity index (χ2v) is 4.56. The highest BCUT2D eigenvalue weighted by atomic mass is 79.9. The van der Waals surface area contributed by atoms with Gasteiger partial charge in [-0.3, -0.25) is 9.48 Å². The second-order valence-electron chi connectivity index (χ2n) is 3.77. The van der Waals surface area contributed by atoms with Crippen molar-refractivity contribution in [2.75, 3.05) is 6.54 Å². The largest absolute Gasteiger partial charge is 0.330 e. The van der Waals surface area contributed by atoms with E-state index in [-0.39, 0.29) is 5.78 Å². The van der Waals surface area contributed by atoms with Gasteiger partial charge in [0.15, 0.2) is 0 Å². The summed E-state index contributed by atoms with van der Waals surface area (Å²) in [4.78, 5) is 11.7. The van der Waals surface area contributed by atoms with Crippen LogP contribution in [0.5, 0.6) is 0 Å². The fourth-order valence-corrected chi connectivity index (χ4v) is 2.04. The molecule has 0 bridgehead atoms. The van der Waals surface area contributed by atoms with Gasteiger partial charge in [0.2, 0.25) is 0 Å². The Kier molecular flexibility index (Phi) is 5.15. The Morgan fingerprint density at radius 1 is 1.56 bits per heavy atom. The van der Waals surface area contributed by atoms with Gasteiger partial charge in [-0.2, -0.15) is 5.10 Å². The van der Waals surface area contributed by atoms with Gasteiger partial charge < -0.3 is 5.73 Å². The maximum absolute atomic E-state index is 11.7. The predicted octanol–water partition coefficient (Wildman–Crippen LogP) is 1.82. The molecule has 0 saturated carbocycles. The first-order valence-electron chi connectivity index (χ1n) is 5.53. The maximum atomic E-state index is 11.7. The summed E-state index contributed by atoms with van der Waals surface area (Å²) in [6.07, 6.45) is 1.75. The van der Waals surface area contributed by atoms with Gasteiger partial charge in [0.25, 0.3) is 0 Å². The van der Waals surface area contributed by atoms with Gasteiger partial charge in [0, 0.05) is 19.4 Å². The van der Waals surface area contributed by atoms with Crippen LogP contribution in [0.3, 0.4) is 0 Å². The molecule has 0 amide bonds. The first-order valence-corrected chi connectivity index (χ1v) is 6.33. The summed E-state index contributed by atoms with van der Waals surface area (Å²) >= 11 is 3.48. The average molecular weight is 288 g/mol. The Hall–Kier alpha value is -0.680. The fourth-order valence-electron chi connectivity index (χ4n) is 1.61. The van der Waals surface area contributed by atoms with Gasteiger partial charge in [-0.1, -0.05) is 0 Å². The molecule has 1 aromatic rings. The molecule has 0 radical (unpaired) electrons. The number of ketones is 1. The zero-order valence-electron chi connectivity index (χ0n) is 9.79. The van der Waals surface area contributed by atoms with E-state index in [9.17, 15) is 4.79 Å². The van der Waals surface area contributed by atoms with Crippen LogP contribution in [0.2, 0.25) is 0 Å². The summed E-state index contributed by atoms with van der Waals surface area (Å²) in [5.41, 5.74) is 7.29. The molecule has 0 aliphatic carbocycles. The highest BCUT2D eigenvalue weighted by Gasteiger charge is 2.14. The first kappa shape index (κ1) is 13.4. The zero-order valence-corrected chi connectivity index (χ0v) is 11.4. The Bertz CT molecular complexity index is 374. The summed E-state index contributed by atoms with van der Waals surface area (Å²) in [7, 11) is 0. The Morgan fingerprint density at radius 3 is 2.81 bits per heavy atom. The standard InChI is InChI=1S/C11H18BrN3O/c1-3-15-10(11(12)8(2)14-15)7-9(16)5-4-6-13/h3-7,13H2,1-2H3. The minimum Gasteiger partial charge on any atom is -0.330 e. The maximum Gasteiger partial charge on any atom is 0.138 e. The number of hydrogen-bond donors (Lipinski definition) is 1. The van der Waals surface area contributed by atoms with Crippen molar-refractivity contribution in [1.82, 2.24) is 9.78 Å². The van der Waals surface area contributed by atoms with Crippen molar-refractivity contribution in [3.63, 3.8) is 0 Å². The third-order valence-electron chi connectivity index (χ3n) is 2.48. The number of nitrogens with zero attached hydrogens (tertiary/aromatic N) is 2. The lowest BCUT2D eigenvalue weighted by atomic mass is 10.1. The van der Waals surface area contributed by atoms with Crippen LogP contribution in [0, 0.1) is 6.92 Å². The summed E-state index contributed by atoms with van der Waals surface area (Å²) in [5, 5.41) is 4.35. The van der Waals surface area contributed by atoms with Crippen molar-refractivity contribution in [1.29, 1.82) is 0 Å². The summed E-state index contributed by atoms with van der Waals surface area (Å²) in [6.45, 7) is 5.31. The van der Waals surface area contributed by atoms with E-state index < -0.39 is 0 Å². The van der Waals surface area contributed by atoms with Crippen molar-refractivity contribution in [2.24, 2.45) is 5.73 Å². The van der Waals surface area contributed by atoms with E-state index >= 15 is 0 Å².